The predicted molar refractivity (Wildman–Crippen MR) is 166 cm³/mol. The van der Waals surface area contributed by atoms with Crippen molar-refractivity contribution in [2.24, 2.45) is 0 Å². The second-order valence-corrected chi connectivity index (χ2v) is 11.9. The normalized spacial score (nSPS) is 13.6. The van der Waals surface area contributed by atoms with Crippen molar-refractivity contribution in [2.75, 3.05) is 36.8 Å². The van der Waals surface area contributed by atoms with Gasteiger partial charge in [0.25, 0.3) is 0 Å². The topological polar surface area (TPSA) is 54.3 Å². The van der Waals surface area contributed by atoms with Crippen LogP contribution in [-0.4, -0.2) is 57.5 Å². The van der Waals surface area contributed by atoms with Crippen LogP contribution in [0.4, 0.5) is 5.69 Å². The van der Waals surface area contributed by atoms with Gasteiger partial charge < -0.3 is 9.80 Å². The van der Waals surface area contributed by atoms with Gasteiger partial charge in [-0.05, 0) is 56.5 Å². The Bertz CT molecular complexity index is 1470. The van der Waals surface area contributed by atoms with Crippen LogP contribution < -0.4 is 4.90 Å². The number of para-hydroxylation sites is 1. The summed E-state index contributed by atoms with van der Waals surface area (Å²) in [7, 11) is 0. The number of nitrogens with zero attached hydrogens (tertiary/aromatic N) is 5. The Morgan fingerprint density at radius 1 is 0.875 bits per heavy atom. The van der Waals surface area contributed by atoms with Crippen LogP contribution in [0.25, 0.3) is 17.1 Å². The van der Waals surface area contributed by atoms with Crippen molar-refractivity contribution < 1.29 is 4.79 Å². The summed E-state index contributed by atoms with van der Waals surface area (Å²) < 4.78 is 2.02. The van der Waals surface area contributed by atoms with Crippen LogP contribution in [0.5, 0.6) is 0 Å². The zero-order valence-corrected chi connectivity index (χ0v) is 25.1. The molecule has 6 nitrogen and oxygen atoms in total. The molecule has 1 aromatic heterocycles. The highest BCUT2D eigenvalue weighted by molar-refractivity contribution is 7.99. The summed E-state index contributed by atoms with van der Waals surface area (Å²) in [4.78, 5) is 17.3. The van der Waals surface area contributed by atoms with Gasteiger partial charge in [0.1, 0.15) is 0 Å². The number of rotatable bonds is 9. The molecule has 0 spiro atoms. The summed E-state index contributed by atoms with van der Waals surface area (Å²) in [6.07, 6.45) is 2.32. The van der Waals surface area contributed by atoms with Crippen molar-refractivity contribution in [1.82, 2.24) is 19.7 Å². The van der Waals surface area contributed by atoms with Crippen LogP contribution in [0.1, 0.15) is 30.4 Å². The molecule has 1 aliphatic heterocycles. The fourth-order valence-corrected chi connectivity index (χ4v) is 6.17. The van der Waals surface area contributed by atoms with Crippen LogP contribution in [0.2, 0.25) is 10.0 Å². The highest BCUT2D eigenvalue weighted by Gasteiger charge is 2.22. The zero-order valence-electron chi connectivity index (χ0n) is 22.8. The molecular formula is C31H33Cl2N5OS. The van der Waals surface area contributed by atoms with E-state index in [1.165, 1.54) is 16.8 Å². The maximum Gasteiger partial charge on any atom is 0.222 e. The minimum Gasteiger partial charge on any atom is -0.368 e. The molecule has 0 unspecified atom stereocenters. The summed E-state index contributed by atoms with van der Waals surface area (Å²) in [5, 5.41) is 10.8. The van der Waals surface area contributed by atoms with Gasteiger partial charge in [0.2, 0.25) is 5.91 Å². The van der Waals surface area contributed by atoms with Crippen molar-refractivity contribution >= 4 is 46.6 Å². The SMILES string of the molecule is Cc1ccc(-c2nnc(SCCCCC(=O)N3CCN(c4ccccc4C)CC3)n2-c2ccc(Cl)c(Cl)c2)cc1. The molecule has 40 heavy (non-hydrogen) atoms. The van der Waals surface area contributed by atoms with Crippen molar-refractivity contribution in [3.05, 3.63) is 87.9 Å². The molecule has 1 fully saturated rings. The first-order valence-corrected chi connectivity index (χ1v) is 15.3. The first kappa shape index (κ1) is 28.5. The molecule has 208 valence electrons. The van der Waals surface area contributed by atoms with Crippen LogP contribution in [0.15, 0.2) is 71.9 Å². The Balaban J connectivity index is 1.16. The number of hydrogen-bond acceptors (Lipinski definition) is 5. The summed E-state index contributed by atoms with van der Waals surface area (Å²) in [6, 6.07) is 22.2. The minimum atomic E-state index is 0.245. The van der Waals surface area contributed by atoms with Gasteiger partial charge in [-0.25, -0.2) is 0 Å². The molecule has 9 heteroatoms. The molecule has 0 radical (unpaired) electrons. The summed E-state index contributed by atoms with van der Waals surface area (Å²) >= 11 is 14.2. The summed E-state index contributed by atoms with van der Waals surface area (Å²) in [5.74, 6) is 1.83. The van der Waals surface area contributed by atoms with Crippen LogP contribution >= 0.6 is 35.0 Å². The Hall–Kier alpha value is -3.00. The van der Waals surface area contributed by atoms with Gasteiger partial charge >= 0.3 is 0 Å². The quantitative estimate of drug-likeness (QED) is 0.149. The zero-order chi connectivity index (χ0) is 28.1. The average Bonchev–Trinajstić information content (AvgIpc) is 3.39. The Kier molecular flexibility index (Phi) is 9.35. The van der Waals surface area contributed by atoms with Crippen molar-refractivity contribution in [3.63, 3.8) is 0 Å². The highest BCUT2D eigenvalue weighted by Crippen LogP contribution is 2.32. The van der Waals surface area contributed by atoms with Gasteiger partial charge in [0.15, 0.2) is 11.0 Å². The lowest BCUT2D eigenvalue weighted by Gasteiger charge is -2.37. The summed E-state index contributed by atoms with van der Waals surface area (Å²) in [5.41, 5.74) is 5.56. The molecule has 5 rings (SSSR count). The van der Waals surface area contributed by atoms with E-state index in [4.69, 9.17) is 23.2 Å². The van der Waals surface area contributed by atoms with Crippen LogP contribution in [0, 0.1) is 13.8 Å². The molecule has 1 amide bonds. The fourth-order valence-electron chi connectivity index (χ4n) is 4.92. The molecule has 3 aromatic carbocycles. The number of aromatic nitrogens is 3. The maximum absolute atomic E-state index is 12.9. The number of carbonyl (C=O) groups is 1. The first-order chi connectivity index (χ1) is 19.4. The third-order valence-electron chi connectivity index (χ3n) is 7.21. The second kappa shape index (κ2) is 13.1. The molecule has 2 heterocycles. The number of aryl methyl sites for hydroxylation is 2. The first-order valence-electron chi connectivity index (χ1n) is 13.6. The Morgan fingerprint density at radius 3 is 2.35 bits per heavy atom. The number of thioether (sulfide) groups is 1. The van der Waals surface area contributed by atoms with E-state index in [1.54, 1.807) is 17.8 Å². The van der Waals surface area contributed by atoms with Crippen molar-refractivity contribution in [2.45, 2.75) is 38.3 Å². The highest BCUT2D eigenvalue weighted by atomic mass is 35.5. The maximum atomic E-state index is 12.9. The number of carbonyl (C=O) groups excluding carboxylic acids is 1. The molecule has 0 N–H and O–H groups in total. The van der Waals surface area contributed by atoms with E-state index < -0.39 is 0 Å². The molecule has 0 aliphatic carbocycles. The summed E-state index contributed by atoms with van der Waals surface area (Å²) in [6.45, 7) is 7.50. The van der Waals surface area contributed by atoms with Gasteiger partial charge in [0.05, 0.1) is 15.7 Å². The molecule has 0 bridgehead atoms. The van der Waals surface area contributed by atoms with E-state index >= 15 is 0 Å². The predicted octanol–water partition coefficient (Wildman–Crippen LogP) is 7.47. The van der Waals surface area contributed by atoms with Gasteiger partial charge in [-0.3, -0.25) is 9.36 Å². The Labute approximate surface area is 250 Å². The van der Waals surface area contributed by atoms with Gasteiger partial charge in [0, 0.05) is 49.6 Å². The lowest BCUT2D eigenvalue weighted by atomic mass is 10.1. The molecule has 1 aliphatic rings. The lowest BCUT2D eigenvalue weighted by molar-refractivity contribution is -0.131. The monoisotopic (exact) mass is 593 g/mol. The van der Waals surface area contributed by atoms with E-state index in [0.717, 1.165) is 67.0 Å². The number of hydrogen-bond donors (Lipinski definition) is 0. The third kappa shape index (κ3) is 6.65. The lowest BCUT2D eigenvalue weighted by Crippen LogP contribution is -2.48. The second-order valence-electron chi connectivity index (χ2n) is 10.1. The molecule has 0 atom stereocenters. The van der Waals surface area contributed by atoms with E-state index in [9.17, 15) is 4.79 Å². The van der Waals surface area contributed by atoms with Gasteiger partial charge in [-0.15, -0.1) is 10.2 Å². The number of halogens is 2. The smallest absolute Gasteiger partial charge is 0.222 e. The number of amides is 1. The molecule has 4 aromatic rings. The van der Waals surface area contributed by atoms with Crippen LogP contribution in [-0.2, 0) is 4.79 Å². The number of unbranched alkanes of at least 4 members (excludes halogenated alkanes) is 1. The van der Waals surface area contributed by atoms with Crippen LogP contribution in [0.3, 0.4) is 0 Å². The van der Waals surface area contributed by atoms with E-state index in [1.807, 2.05) is 33.7 Å². The van der Waals surface area contributed by atoms with Gasteiger partial charge in [-0.1, -0.05) is 83.0 Å². The molecular weight excluding hydrogens is 561 g/mol. The van der Waals surface area contributed by atoms with Gasteiger partial charge in [-0.2, -0.15) is 0 Å². The van der Waals surface area contributed by atoms with E-state index in [-0.39, 0.29) is 5.91 Å². The average molecular weight is 595 g/mol. The Morgan fingerprint density at radius 2 is 1.62 bits per heavy atom. The van der Waals surface area contributed by atoms with Crippen molar-refractivity contribution in [1.29, 1.82) is 0 Å². The minimum absolute atomic E-state index is 0.245. The number of anilines is 1. The number of benzene rings is 3. The third-order valence-corrected chi connectivity index (χ3v) is 8.96. The van der Waals surface area contributed by atoms with E-state index in [2.05, 4.69) is 65.3 Å². The fraction of sp³-hybridized carbons (Fsp3) is 0.323. The standard InChI is InChI=1S/C31H33Cl2N5OS/c1-22-10-12-24(13-11-22)30-34-35-31(38(30)25-14-15-26(32)27(33)21-25)40-20-6-5-9-29(39)37-18-16-36(17-19-37)28-8-4-3-7-23(28)2/h3-4,7-8,10-15,21H,5-6,9,16-20H2,1-2H3. The number of piperazine rings is 1. The molecule has 0 saturated carbocycles. The van der Waals surface area contributed by atoms with E-state index in [0.29, 0.717) is 16.5 Å². The van der Waals surface area contributed by atoms with Crippen molar-refractivity contribution in [3.8, 4) is 17.1 Å². The molecule has 1 saturated heterocycles. The largest absolute Gasteiger partial charge is 0.368 e.